The average Bonchev–Trinajstić information content (AvgIpc) is 2.95. The molecule has 3 heteroatoms. The zero-order valence-corrected chi connectivity index (χ0v) is 13.2. The maximum Gasteiger partial charge on any atom is 0.224 e. The van der Waals surface area contributed by atoms with Crippen molar-refractivity contribution in [1.29, 1.82) is 0 Å². The smallest absolute Gasteiger partial charge is 0.224 e. The standard InChI is InChI=1S/C17H27NO2/c1-5-7-9-13(3)12-17(19)18-15(6-2)14(4)16-10-8-11-20-16/h8,10-11,13H,5-7,9,12H2,1-4H3,(H,18,19). The van der Waals surface area contributed by atoms with Crippen molar-refractivity contribution in [2.24, 2.45) is 5.92 Å². The molecule has 0 aliphatic heterocycles. The van der Waals surface area contributed by atoms with Gasteiger partial charge in [0.25, 0.3) is 0 Å². The van der Waals surface area contributed by atoms with Gasteiger partial charge in [-0.15, -0.1) is 0 Å². The summed E-state index contributed by atoms with van der Waals surface area (Å²) in [5.41, 5.74) is 1.96. The van der Waals surface area contributed by atoms with Gasteiger partial charge in [0.2, 0.25) is 5.91 Å². The van der Waals surface area contributed by atoms with Gasteiger partial charge in [0.05, 0.1) is 6.26 Å². The minimum absolute atomic E-state index is 0.108. The summed E-state index contributed by atoms with van der Waals surface area (Å²) in [6.45, 7) is 8.35. The monoisotopic (exact) mass is 277 g/mol. The summed E-state index contributed by atoms with van der Waals surface area (Å²) in [7, 11) is 0. The molecule has 1 heterocycles. The number of furan rings is 1. The van der Waals surface area contributed by atoms with Crippen molar-refractivity contribution in [3.63, 3.8) is 0 Å². The van der Waals surface area contributed by atoms with Gasteiger partial charge in [-0.25, -0.2) is 0 Å². The molecule has 1 aromatic heterocycles. The molecule has 0 saturated heterocycles. The van der Waals surface area contributed by atoms with Crippen LogP contribution in [0.1, 0.15) is 65.6 Å². The van der Waals surface area contributed by atoms with Crippen molar-refractivity contribution in [1.82, 2.24) is 5.32 Å². The van der Waals surface area contributed by atoms with Gasteiger partial charge in [-0.1, -0.05) is 40.0 Å². The molecule has 0 fully saturated rings. The first-order chi connectivity index (χ1) is 9.58. The third-order valence-electron chi connectivity index (χ3n) is 3.57. The molecule has 1 rings (SSSR count). The zero-order chi connectivity index (χ0) is 15.0. The molecule has 1 aromatic rings. The zero-order valence-electron chi connectivity index (χ0n) is 13.2. The molecule has 0 aromatic carbocycles. The number of carbonyl (C=O) groups is 1. The van der Waals surface area contributed by atoms with Gasteiger partial charge in [0, 0.05) is 17.7 Å². The molecule has 1 amide bonds. The van der Waals surface area contributed by atoms with Crippen molar-refractivity contribution in [3.8, 4) is 0 Å². The van der Waals surface area contributed by atoms with Crippen LogP contribution in [0.2, 0.25) is 0 Å². The maximum atomic E-state index is 12.1. The van der Waals surface area contributed by atoms with E-state index in [4.69, 9.17) is 4.42 Å². The Balaban J connectivity index is 2.60. The molecule has 0 aliphatic rings. The van der Waals surface area contributed by atoms with Crippen LogP contribution < -0.4 is 5.32 Å². The molecule has 0 aliphatic carbocycles. The predicted octanol–water partition coefficient (Wildman–Crippen LogP) is 4.75. The Hall–Kier alpha value is -1.51. The second-order valence-corrected chi connectivity index (χ2v) is 5.43. The third-order valence-corrected chi connectivity index (χ3v) is 3.57. The summed E-state index contributed by atoms with van der Waals surface area (Å²) >= 11 is 0. The van der Waals surface area contributed by atoms with Gasteiger partial charge in [-0.2, -0.15) is 0 Å². The normalized spacial score (nSPS) is 13.8. The van der Waals surface area contributed by atoms with Gasteiger partial charge >= 0.3 is 0 Å². The van der Waals surface area contributed by atoms with Gasteiger partial charge in [0.15, 0.2) is 0 Å². The van der Waals surface area contributed by atoms with Crippen LogP contribution in [-0.4, -0.2) is 5.91 Å². The molecule has 1 N–H and O–H groups in total. The van der Waals surface area contributed by atoms with Crippen LogP contribution in [-0.2, 0) is 4.79 Å². The molecular formula is C17H27NO2. The fourth-order valence-electron chi connectivity index (χ4n) is 2.28. The topological polar surface area (TPSA) is 42.2 Å². The van der Waals surface area contributed by atoms with Gasteiger partial charge in [0.1, 0.15) is 5.76 Å². The lowest BCUT2D eigenvalue weighted by molar-refractivity contribution is -0.121. The minimum atomic E-state index is 0.108. The van der Waals surface area contributed by atoms with Crippen molar-refractivity contribution < 1.29 is 9.21 Å². The number of hydrogen-bond acceptors (Lipinski definition) is 2. The van der Waals surface area contributed by atoms with Crippen LogP contribution in [0.4, 0.5) is 0 Å². The maximum absolute atomic E-state index is 12.1. The summed E-state index contributed by atoms with van der Waals surface area (Å²) in [6.07, 6.45) is 6.53. The van der Waals surface area contributed by atoms with Crippen LogP contribution in [0, 0.1) is 5.92 Å². The van der Waals surface area contributed by atoms with E-state index >= 15 is 0 Å². The first kappa shape index (κ1) is 16.5. The molecule has 1 atom stereocenters. The molecule has 20 heavy (non-hydrogen) atoms. The lowest BCUT2D eigenvalue weighted by Gasteiger charge is -2.14. The average molecular weight is 277 g/mol. The van der Waals surface area contributed by atoms with E-state index in [0.717, 1.165) is 29.9 Å². The highest BCUT2D eigenvalue weighted by Crippen LogP contribution is 2.19. The van der Waals surface area contributed by atoms with Crippen LogP contribution in [0.25, 0.3) is 5.57 Å². The lowest BCUT2D eigenvalue weighted by Crippen LogP contribution is -2.25. The van der Waals surface area contributed by atoms with E-state index in [9.17, 15) is 4.79 Å². The largest absolute Gasteiger partial charge is 0.465 e. The summed E-state index contributed by atoms with van der Waals surface area (Å²) in [5.74, 6) is 1.37. The molecule has 1 unspecified atom stereocenters. The Morgan fingerprint density at radius 2 is 2.15 bits per heavy atom. The number of unbranched alkanes of at least 4 members (excludes halogenated alkanes) is 1. The fraction of sp³-hybridized carbons (Fsp3) is 0.588. The van der Waals surface area contributed by atoms with Crippen LogP contribution >= 0.6 is 0 Å². The summed E-state index contributed by atoms with van der Waals surface area (Å²) in [4.78, 5) is 12.1. The Morgan fingerprint density at radius 3 is 2.70 bits per heavy atom. The highest BCUT2D eigenvalue weighted by atomic mass is 16.3. The molecule has 0 radical (unpaired) electrons. The first-order valence-electron chi connectivity index (χ1n) is 7.61. The van der Waals surface area contributed by atoms with Crippen LogP contribution in [0.3, 0.4) is 0 Å². The lowest BCUT2D eigenvalue weighted by atomic mass is 10.00. The van der Waals surface area contributed by atoms with Gasteiger partial charge < -0.3 is 9.73 Å². The number of nitrogens with one attached hydrogen (secondary N) is 1. The quantitative estimate of drug-likeness (QED) is 0.744. The van der Waals surface area contributed by atoms with Crippen molar-refractivity contribution in [2.45, 2.75) is 59.8 Å². The van der Waals surface area contributed by atoms with Crippen LogP contribution in [0.15, 0.2) is 28.5 Å². The Kier molecular flexibility index (Phi) is 7.13. The Morgan fingerprint density at radius 1 is 1.40 bits per heavy atom. The Bertz CT molecular complexity index is 432. The van der Waals surface area contributed by atoms with E-state index in [1.165, 1.54) is 12.8 Å². The molecule has 0 bridgehead atoms. The van der Waals surface area contributed by atoms with E-state index in [2.05, 4.69) is 19.2 Å². The van der Waals surface area contributed by atoms with E-state index in [0.29, 0.717) is 12.3 Å². The van der Waals surface area contributed by atoms with E-state index < -0.39 is 0 Å². The number of rotatable bonds is 8. The molecular weight excluding hydrogens is 250 g/mol. The predicted molar refractivity (Wildman–Crippen MR) is 83.0 cm³/mol. The number of carbonyl (C=O) groups excluding carboxylic acids is 1. The summed E-state index contributed by atoms with van der Waals surface area (Å²) in [6, 6.07) is 3.78. The fourth-order valence-corrected chi connectivity index (χ4v) is 2.28. The second-order valence-electron chi connectivity index (χ2n) is 5.43. The highest BCUT2D eigenvalue weighted by molar-refractivity contribution is 5.80. The van der Waals surface area contributed by atoms with E-state index in [1.807, 2.05) is 26.0 Å². The first-order valence-corrected chi connectivity index (χ1v) is 7.61. The highest BCUT2D eigenvalue weighted by Gasteiger charge is 2.12. The van der Waals surface area contributed by atoms with E-state index in [1.54, 1.807) is 6.26 Å². The minimum Gasteiger partial charge on any atom is -0.465 e. The number of allylic oxidation sites excluding steroid dienone is 2. The van der Waals surface area contributed by atoms with Gasteiger partial charge in [-0.3, -0.25) is 4.79 Å². The van der Waals surface area contributed by atoms with Gasteiger partial charge in [-0.05, 0) is 31.4 Å². The Labute approximate surface area is 122 Å². The van der Waals surface area contributed by atoms with Crippen molar-refractivity contribution >= 4 is 11.5 Å². The van der Waals surface area contributed by atoms with Crippen molar-refractivity contribution in [3.05, 3.63) is 29.9 Å². The number of amides is 1. The van der Waals surface area contributed by atoms with Crippen molar-refractivity contribution in [2.75, 3.05) is 0 Å². The summed E-state index contributed by atoms with van der Waals surface area (Å²) in [5, 5.41) is 3.04. The summed E-state index contributed by atoms with van der Waals surface area (Å²) < 4.78 is 5.38. The second kappa shape index (κ2) is 8.62. The molecule has 0 spiro atoms. The number of hydrogen-bond donors (Lipinski definition) is 1. The third kappa shape index (κ3) is 5.24. The SMILES string of the molecule is CCCCC(C)CC(=O)NC(CC)=C(C)c1ccco1. The van der Waals surface area contributed by atoms with Crippen LogP contribution in [0.5, 0.6) is 0 Å². The molecule has 0 saturated carbocycles. The van der Waals surface area contributed by atoms with E-state index in [-0.39, 0.29) is 5.91 Å². The molecule has 112 valence electrons. The molecule has 3 nitrogen and oxygen atoms in total.